The van der Waals surface area contributed by atoms with E-state index in [4.69, 9.17) is 4.74 Å². The number of methoxy groups -OCH3 is 1. The highest BCUT2D eigenvalue weighted by atomic mass is 16.5. The Morgan fingerprint density at radius 3 is 2.43 bits per heavy atom. The second-order valence-electron chi connectivity index (χ2n) is 5.17. The van der Waals surface area contributed by atoms with Gasteiger partial charge >= 0.3 is 0 Å². The van der Waals surface area contributed by atoms with Gasteiger partial charge in [-0.05, 0) is 30.5 Å². The predicted molar refractivity (Wildman–Crippen MR) is 79.3 cm³/mol. The number of amides is 1. The number of aryl methyl sites for hydroxylation is 3. The largest absolute Gasteiger partial charge is 0.496 e. The highest BCUT2D eigenvalue weighted by Crippen LogP contribution is 2.24. The molecule has 6 heteroatoms. The SMILES string of the molecule is COc1c(C)cc(CN(C)C(=O)c2cnnn2C)cc1C. The number of carbonyl (C=O) groups is 1. The van der Waals surface area contributed by atoms with Crippen LogP contribution in [0, 0.1) is 13.8 Å². The molecule has 0 saturated carbocycles. The molecule has 0 N–H and O–H groups in total. The molecule has 0 aliphatic carbocycles. The van der Waals surface area contributed by atoms with E-state index in [0.717, 1.165) is 22.4 Å². The van der Waals surface area contributed by atoms with E-state index in [1.165, 1.54) is 10.9 Å². The number of hydrogen-bond acceptors (Lipinski definition) is 4. The summed E-state index contributed by atoms with van der Waals surface area (Å²) in [5.74, 6) is 0.789. The van der Waals surface area contributed by atoms with E-state index >= 15 is 0 Å². The lowest BCUT2D eigenvalue weighted by atomic mass is 10.1. The van der Waals surface area contributed by atoms with Gasteiger partial charge in [-0.25, -0.2) is 4.68 Å². The maximum Gasteiger partial charge on any atom is 0.273 e. The number of aromatic nitrogens is 3. The molecule has 0 atom stereocenters. The van der Waals surface area contributed by atoms with Gasteiger partial charge in [0.05, 0.1) is 13.3 Å². The Kier molecular flexibility index (Phi) is 4.26. The minimum atomic E-state index is -0.103. The summed E-state index contributed by atoms with van der Waals surface area (Å²) in [6.07, 6.45) is 1.48. The fourth-order valence-electron chi connectivity index (χ4n) is 2.48. The van der Waals surface area contributed by atoms with Crippen molar-refractivity contribution in [3.05, 3.63) is 40.7 Å². The van der Waals surface area contributed by atoms with Crippen molar-refractivity contribution in [1.82, 2.24) is 19.9 Å². The van der Waals surface area contributed by atoms with Crippen LogP contribution in [0.15, 0.2) is 18.3 Å². The minimum Gasteiger partial charge on any atom is -0.496 e. The molecule has 2 aromatic rings. The van der Waals surface area contributed by atoms with E-state index in [2.05, 4.69) is 10.3 Å². The predicted octanol–water partition coefficient (Wildman–Crippen LogP) is 1.71. The Morgan fingerprint density at radius 1 is 1.33 bits per heavy atom. The molecule has 0 unspecified atom stereocenters. The van der Waals surface area contributed by atoms with Crippen LogP contribution >= 0.6 is 0 Å². The standard InChI is InChI=1S/C15H20N4O2/c1-10-6-12(7-11(2)14(10)21-5)9-18(3)15(20)13-8-16-17-19(13)4/h6-8H,9H2,1-5H3. The van der Waals surface area contributed by atoms with Crippen molar-refractivity contribution in [2.75, 3.05) is 14.2 Å². The lowest BCUT2D eigenvalue weighted by Crippen LogP contribution is -2.28. The van der Waals surface area contributed by atoms with Crippen molar-refractivity contribution in [3.63, 3.8) is 0 Å². The van der Waals surface area contributed by atoms with Crippen LogP contribution in [0.3, 0.4) is 0 Å². The number of nitrogens with zero attached hydrogens (tertiary/aromatic N) is 4. The van der Waals surface area contributed by atoms with Gasteiger partial charge in [0, 0.05) is 20.6 Å². The van der Waals surface area contributed by atoms with E-state index in [-0.39, 0.29) is 5.91 Å². The van der Waals surface area contributed by atoms with Crippen LogP contribution in [0.25, 0.3) is 0 Å². The molecule has 1 aromatic heterocycles. The molecule has 0 aliphatic rings. The van der Waals surface area contributed by atoms with Gasteiger partial charge in [-0.2, -0.15) is 0 Å². The average Bonchev–Trinajstić information content (AvgIpc) is 2.83. The monoisotopic (exact) mass is 288 g/mol. The van der Waals surface area contributed by atoms with Gasteiger partial charge in [-0.15, -0.1) is 5.10 Å². The zero-order valence-electron chi connectivity index (χ0n) is 13.0. The molecule has 1 amide bonds. The number of benzene rings is 1. The van der Waals surface area contributed by atoms with Gasteiger partial charge in [0.15, 0.2) is 0 Å². The summed E-state index contributed by atoms with van der Waals surface area (Å²) in [7, 11) is 5.14. The van der Waals surface area contributed by atoms with Crippen LogP contribution in [-0.2, 0) is 13.6 Å². The van der Waals surface area contributed by atoms with Crippen LogP contribution in [0.4, 0.5) is 0 Å². The van der Waals surface area contributed by atoms with Crippen molar-refractivity contribution in [1.29, 1.82) is 0 Å². The summed E-state index contributed by atoms with van der Waals surface area (Å²) in [6.45, 7) is 4.53. The summed E-state index contributed by atoms with van der Waals surface area (Å²) < 4.78 is 6.83. The number of carbonyl (C=O) groups excluding carboxylic acids is 1. The number of hydrogen-bond donors (Lipinski definition) is 0. The van der Waals surface area contributed by atoms with Crippen LogP contribution < -0.4 is 4.74 Å². The van der Waals surface area contributed by atoms with Crippen molar-refractivity contribution >= 4 is 5.91 Å². The molecule has 0 fully saturated rings. The molecule has 1 heterocycles. The number of rotatable bonds is 4. The van der Waals surface area contributed by atoms with E-state index in [1.807, 2.05) is 26.0 Å². The highest BCUT2D eigenvalue weighted by Gasteiger charge is 2.17. The second-order valence-corrected chi connectivity index (χ2v) is 5.17. The summed E-state index contributed by atoms with van der Waals surface area (Å²) in [6, 6.07) is 4.08. The highest BCUT2D eigenvalue weighted by molar-refractivity contribution is 5.91. The topological polar surface area (TPSA) is 60.2 Å². The third-order valence-corrected chi connectivity index (χ3v) is 3.42. The molecule has 2 rings (SSSR count). The molecule has 6 nitrogen and oxygen atoms in total. The Balaban J connectivity index is 2.18. The van der Waals surface area contributed by atoms with Gasteiger partial charge in [0.1, 0.15) is 11.4 Å². The normalized spacial score (nSPS) is 10.5. The van der Waals surface area contributed by atoms with E-state index in [9.17, 15) is 4.79 Å². The third-order valence-electron chi connectivity index (χ3n) is 3.42. The molecule has 0 saturated heterocycles. The first kappa shape index (κ1) is 15.0. The van der Waals surface area contributed by atoms with Gasteiger partial charge in [-0.3, -0.25) is 4.79 Å². The molecule has 0 spiro atoms. The van der Waals surface area contributed by atoms with E-state index < -0.39 is 0 Å². The van der Waals surface area contributed by atoms with Crippen molar-refractivity contribution in [2.24, 2.45) is 7.05 Å². The minimum absolute atomic E-state index is 0.103. The summed E-state index contributed by atoms with van der Waals surface area (Å²) in [5.41, 5.74) is 3.67. The molecular formula is C15H20N4O2. The van der Waals surface area contributed by atoms with E-state index in [1.54, 1.807) is 26.1 Å². The molecule has 0 radical (unpaired) electrons. The molecular weight excluding hydrogens is 268 g/mol. The Hall–Kier alpha value is -2.37. The maximum absolute atomic E-state index is 12.3. The molecule has 21 heavy (non-hydrogen) atoms. The molecule has 0 aliphatic heterocycles. The van der Waals surface area contributed by atoms with Gasteiger partial charge in [-0.1, -0.05) is 17.3 Å². The van der Waals surface area contributed by atoms with Crippen molar-refractivity contribution < 1.29 is 9.53 Å². The van der Waals surface area contributed by atoms with Gasteiger partial charge in [0.2, 0.25) is 0 Å². The first-order chi connectivity index (χ1) is 9.93. The quantitative estimate of drug-likeness (QED) is 0.859. The van der Waals surface area contributed by atoms with Gasteiger partial charge in [0.25, 0.3) is 5.91 Å². The second kappa shape index (κ2) is 5.95. The first-order valence-corrected chi connectivity index (χ1v) is 6.68. The van der Waals surface area contributed by atoms with Crippen molar-refractivity contribution in [2.45, 2.75) is 20.4 Å². The summed E-state index contributed by atoms with van der Waals surface area (Å²) >= 11 is 0. The Bertz CT molecular complexity index is 640. The third kappa shape index (κ3) is 3.04. The van der Waals surface area contributed by atoms with Gasteiger partial charge < -0.3 is 9.64 Å². The summed E-state index contributed by atoms with van der Waals surface area (Å²) in [4.78, 5) is 14.0. The lowest BCUT2D eigenvalue weighted by Gasteiger charge is -2.18. The fourth-order valence-corrected chi connectivity index (χ4v) is 2.48. The number of ether oxygens (including phenoxy) is 1. The maximum atomic E-state index is 12.3. The van der Waals surface area contributed by atoms with Crippen LogP contribution in [0.5, 0.6) is 5.75 Å². The fraction of sp³-hybridized carbons (Fsp3) is 0.400. The Morgan fingerprint density at radius 2 is 1.95 bits per heavy atom. The molecule has 1 aromatic carbocycles. The van der Waals surface area contributed by atoms with Crippen LogP contribution in [0.1, 0.15) is 27.2 Å². The summed E-state index contributed by atoms with van der Waals surface area (Å²) in [5, 5.41) is 7.51. The smallest absolute Gasteiger partial charge is 0.273 e. The molecule has 112 valence electrons. The Labute approximate surface area is 124 Å². The zero-order chi connectivity index (χ0) is 15.6. The van der Waals surface area contributed by atoms with Crippen molar-refractivity contribution in [3.8, 4) is 5.75 Å². The lowest BCUT2D eigenvalue weighted by molar-refractivity contribution is 0.0774. The van der Waals surface area contributed by atoms with E-state index in [0.29, 0.717) is 12.2 Å². The zero-order valence-corrected chi connectivity index (χ0v) is 13.0. The van der Waals surface area contributed by atoms with Crippen LogP contribution in [-0.4, -0.2) is 40.0 Å². The average molecular weight is 288 g/mol. The molecule has 0 bridgehead atoms. The van der Waals surface area contributed by atoms with Crippen LogP contribution in [0.2, 0.25) is 0 Å². The first-order valence-electron chi connectivity index (χ1n) is 6.68.